The number of rotatable bonds is 2. The van der Waals surface area contributed by atoms with E-state index in [4.69, 9.17) is 5.11 Å². The lowest BCUT2D eigenvalue weighted by Crippen LogP contribution is -2.16. The number of aromatic carboxylic acids is 1. The Balaban J connectivity index is 3.06. The van der Waals surface area contributed by atoms with Gasteiger partial charge in [0.1, 0.15) is 0 Å². The molecule has 1 N–H and O–H groups in total. The minimum absolute atomic E-state index is 0.376. The second-order valence-corrected chi connectivity index (χ2v) is 2.83. The van der Waals surface area contributed by atoms with Gasteiger partial charge in [-0.25, -0.2) is 9.18 Å². The highest BCUT2D eigenvalue weighted by molar-refractivity contribution is 5.87. The fourth-order valence-electron chi connectivity index (χ4n) is 1.02. The molecule has 6 heteroatoms. The summed E-state index contributed by atoms with van der Waals surface area (Å²) < 4.78 is 48.6. The number of alkyl halides is 4. The monoisotopic (exact) mass is 222 g/mol. The molecule has 1 unspecified atom stereocenters. The Bertz CT molecular complexity index is 373. The van der Waals surface area contributed by atoms with Crippen molar-refractivity contribution < 1.29 is 27.5 Å². The summed E-state index contributed by atoms with van der Waals surface area (Å²) in [6, 6.07) is 3.72. The predicted octanol–water partition coefficient (Wildman–Crippen LogP) is 2.96. The SMILES string of the molecule is O=C(O)c1cccc(C(F)C(F)(F)F)c1. The first-order chi connectivity index (χ1) is 6.82. The largest absolute Gasteiger partial charge is 0.478 e. The minimum atomic E-state index is -5.02. The second kappa shape index (κ2) is 3.88. The van der Waals surface area contributed by atoms with Gasteiger partial charge in [0.25, 0.3) is 0 Å². The fourth-order valence-corrected chi connectivity index (χ4v) is 1.02. The lowest BCUT2D eigenvalue weighted by Gasteiger charge is -2.12. The van der Waals surface area contributed by atoms with Gasteiger partial charge in [0.15, 0.2) is 0 Å². The Morgan fingerprint density at radius 3 is 2.40 bits per heavy atom. The molecular formula is C9H6F4O2. The van der Waals surface area contributed by atoms with Crippen molar-refractivity contribution in [3.05, 3.63) is 35.4 Å². The first-order valence-electron chi connectivity index (χ1n) is 3.86. The van der Waals surface area contributed by atoms with Crippen molar-refractivity contribution >= 4 is 5.97 Å². The zero-order valence-electron chi connectivity index (χ0n) is 7.25. The number of carbonyl (C=O) groups is 1. The quantitative estimate of drug-likeness (QED) is 0.781. The summed E-state index contributed by atoms with van der Waals surface area (Å²) in [5.74, 6) is -1.40. The average Bonchev–Trinajstić information content (AvgIpc) is 2.15. The average molecular weight is 222 g/mol. The summed E-state index contributed by atoms with van der Waals surface area (Å²) in [6.45, 7) is 0. The Morgan fingerprint density at radius 2 is 1.93 bits per heavy atom. The van der Waals surface area contributed by atoms with Gasteiger partial charge >= 0.3 is 12.1 Å². The van der Waals surface area contributed by atoms with E-state index in [1.807, 2.05) is 0 Å². The third-order valence-electron chi connectivity index (χ3n) is 1.71. The number of halogens is 4. The van der Waals surface area contributed by atoms with Crippen molar-refractivity contribution in [2.24, 2.45) is 0 Å². The smallest absolute Gasteiger partial charge is 0.423 e. The van der Waals surface area contributed by atoms with Gasteiger partial charge in [-0.15, -0.1) is 0 Å². The standard InChI is InChI=1S/C9H6F4O2/c10-7(9(11,12)13)5-2-1-3-6(4-5)8(14)15/h1-4,7H,(H,14,15). The molecule has 82 valence electrons. The van der Waals surface area contributed by atoms with E-state index in [0.717, 1.165) is 18.2 Å². The molecule has 1 aromatic rings. The normalized spacial score (nSPS) is 13.6. The molecule has 0 amide bonds. The molecular weight excluding hydrogens is 216 g/mol. The maximum absolute atomic E-state index is 12.8. The zero-order valence-corrected chi connectivity index (χ0v) is 7.25. The maximum Gasteiger partial charge on any atom is 0.423 e. The van der Waals surface area contributed by atoms with E-state index in [1.165, 1.54) is 0 Å². The van der Waals surface area contributed by atoms with Crippen LogP contribution < -0.4 is 0 Å². The lowest BCUT2D eigenvalue weighted by atomic mass is 10.1. The molecule has 1 aromatic carbocycles. The van der Waals surface area contributed by atoms with Crippen LogP contribution in [0.1, 0.15) is 22.1 Å². The van der Waals surface area contributed by atoms with Crippen molar-refractivity contribution in [2.45, 2.75) is 12.3 Å². The van der Waals surface area contributed by atoms with Crippen LogP contribution in [0.3, 0.4) is 0 Å². The van der Waals surface area contributed by atoms with Crippen molar-refractivity contribution in [3.8, 4) is 0 Å². The highest BCUT2D eigenvalue weighted by atomic mass is 19.4. The highest BCUT2D eigenvalue weighted by Crippen LogP contribution is 2.35. The van der Waals surface area contributed by atoms with E-state index in [9.17, 15) is 22.4 Å². The Labute approximate surface area is 82.1 Å². The molecule has 1 atom stereocenters. The molecule has 0 aliphatic carbocycles. The van der Waals surface area contributed by atoms with Gasteiger partial charge in [-0.3, -0.25) is 0 Å². The van der Waals surface area contributed by atoms with Gasteiger partial charge in [-0.05, 0) is 17.7 Å². The van der Waals surface area contributed by atoms with Crippen LogP contribution in [0.2, 0.25) is 0 Å². The van der Waals surface area contributed by atoms with Gasteiger partial charge < -0.3 is 5.11 Å². The van der Waals surface area contributed by atoms with Gasteiger partial charge in [-0.2, -0.15) is 13.2 Å². The number of hydrogen-bond acceptors (Lipinski definition) is 1. The zero-order chi connectivity index (χ0) is 11.6. The van der Waals surface area contributed by atoms with Crippen molar-refractivity contribution in [1.82, 2.24) is 0 Å². The Hall–Kier alpha value is -1.59. The summed E-state index contributed by atoms with van der Waals surface area (Å²) in [7, 11) is 0. The van der Waals surface area contributed by atoms with Gasteiger partial charge in [0.2, 0.25) is 6.17 Å². The number of hydrogen-bond donors (Lipinski definition) is 1. The molecule has 0 aliphatic heterocycles. The van der Waals surface area contributed by atoms with E-state index in [-0.39, 0.29) is 5.56 Å². The maximum atomic E-state index is 12.8. The van der Waals surface area contributed by atoms with Crippen LogP contribution in [-0.2, 0) is 0 Å². The third kappa shape index (κ3) is 2.68. The third-order valence-corrected chi connectivity index (χ3v) is 1.71. The molecule has 2 nitrogen and oxygen atoms in total. The van der Waals surface area contributed by atoms with Crippen LogP contribution in [0, 0.1) is 0 Å². The molecule has 0 fully saturated rings. The van der Waals surface area contributed by atoms with E-state index in [0.29, 0.717) is 6.07 Å². The van der Waals surface area contributed by atoms with Crippen LogP contribution in [0.25, 0.3) is 0 Å². The predicted molar refractivity (Wildman–Crippen MR) is 43.3 cm³/mol. The molecule has 0 saturated carbocycles. The molecule has 0 radical (unpaired) electrons. The van der Waals surface area contributed by atoms with Crippen LogP contribution >= 0.6 is 0 Å². The van der Waals surface area contributed by atoms with Crippen LogP contribution in [-0.4, -0.2) is 17.3 Å². The molecule has 0 bridgehead atoms. The summed E-state index contributed by atoms with van der Waals surface area (Å²) in [5, 5.41) is 8.49. The van der Waals surface area contributed by atoms with E-state index >= 15 is 0 Å². The van der Waals surface area contributed by atoms with Gasteiger partial charge in [0, 0.05) is 0 Å². The Morgan fingerprint density at radius 1 is 1.33 bits per heavy atom. The van der Waals surface area contributed by atoms with Gasteiger partial charge in [0.05, 0.1) is 5.56 Å². The number of carboxylic acids is 1. The van der Waals surface area contributed by atoms with Crippen molar-refractivity contribution in [2.75, 3.05) is 0 Å². The molecule has 0 spiro atoms. The molecule has 0 saturated heterocycles. The first kappa shape index (κ1) is 11.5. The van der Waals surface area contributed by atoms with E-state index < -0.39 is 23.9 Å². The number of benzene rings is 1. The molecule has 15 heavy (non-hydrogen) atoms. The highest BCUT2D eigenvalue weighted by Gasteiger charge is 2.41. The minimum Gasteiger partial charge on any atom is -0.478 e. The molecule has 0 aliphatic rings. The first-order valence-corrected chi connectivity index (χ1v) is 3.86. The Kier molecular flexibility index (Phi) is 2.97. The molecule has 0 heterocycles. The second-order valence-electron chi connectivity index (χ2n) is 2.83. The van der Waals surface area contributed by atoms with Gasteiger partial charge in [-0.1, -0.05) is 12.1 Å². The van der Waals surface area contributed by atoms with Crippen LogP contribution in [0.5, 0.6) is 0 Å². The summed E-state index contributed by atoms with van der Waals surface area (Å²) in [4.78, 5) is 10.4. The summed E-state index contributed by atoms with van der Waals surface area (Å²) in [5.41, 5.74) is -1.08. The topological polar surface area (TPSA) is 37.3 Å². The van der Waals surface area contributed by atoms with Crippen LogP contribution in [0.4, 0.5) is 17.6 Å². The van der Waals surface area contributed by atoms with Crippen molar-refractivity contribution in [1.29, 1.82) is 0 Å². The lowest BCUT2D eigenvalue weighted by molar-refractivity contribution is -0.182. The van der Waals surface area contributed by atoms with E-state index in [1.54, 1.807) is 0 Å². The summed E-state index contributed by atoms with van der Waals surface area (Å²) >= 11 is 0. The van der Waals surface area contributed by atoms with E-state index in [2.05, 4.69) is 0 Å². The fraction of sp³-hybridized carbons (Fsp3) is 0.222. The summed E-state index contributed by atoms with van der Waals surface area (Å²) in [6.07, 6.45) is -8.17. The van der Waals surface area contributed by atoms with Crippen LogP contribution in [0.15, 0.2) is 24.3 Å². The van der Waals surface area contributed by atoms with Crippen molar-refractivity contribution in [3.63, 3.8) is 0 Å². The molecule has 0 aromatic heterocycles. The number of carboxylic acid groups (broad SMARTS) is 1. The molecule has 1 rings (SSSR count).